The second-order valence-corrected chi connectivity index (χ2v) is 8.05. The molecule has 4 bridgehead atoms. The molecule has 0 heterocycles. The quantitative estimate of drug-likeness (QED) is 0.775. The van der Waals surface area contributed by atoms with Crippen LogP contribution in [0.25, 0.3) is 0 Å². The van der Waals surface area contributed by atoms with Crippen LogP contribution in [-0.4, -0.2) is 11.4 Å². The van der Waals surface area contributed by atoms with Crippen molar-refractivity contribution in [3.05, 3.63) is 29.3 Å². The lowest BCUT2D eigenvalue weighted by Gasteiger charge is -2.54. The fraction of sp³-hybridized carbons (Fsp3) is 0.611. The molecule has 0 spiro atoms. The lowest BCUT2D eigenvalue weighted by Crippen LogP contribution is -2.57. The van der Waals surface area contributed by atoms with E-state index in [1.54, 1.807) is 6.92 Å². The van der Waals surface area contributed by atoms with Crippen LogP contribution < -0.4 is 11.1 Å². The summed E-state index contributed by atoms with van der Waals surface area (Å²) in [5.41, 5.74) is 10.2. The second-order valence-electron chi connectivity index (χ2n) is 8.05. The molecule has 4 unspecified atom stereocenters. The topological polar surface area (TPSA) is 55.1 Å². The minimum absolute atomic E-state index is 0. The number of carbonyl (C=O) groups excluding carboxylic acids is 1. The van der Waals surface area contributed by atoms with Crippen LogP contribution >= 0.6 is 12.4 Å². The van der Waals surface area contributed by atoms with Crippen molar-refractivity contribution in [1.82, 2.24) is 5.32 Å². The average molecular weight is 321 g/mol. The summed E-state index contributed by atoms with van der Waals surface area (Å²) in [7, 11) is 0. The van der Waals surface area contributed by atoms with Gasteiger partial charge >= 0.3 is 0 Å². The molecule has 4 heteroatoms. The van der Waals surface area contributed by atoms with Crippen LogP contribution in [0.5, 0.6) is 0 Å². The summed E-state index contributed by atoms with van der Waals surface area (Å²) in [6.07, 6.45) is 5.80. The summed E-state index contributed by atoms with van der Waals surface area (Å²) in [4.78, 5) is 11.7. The van der Waals surface area contributed by atoms with Gasteiger partial charge in [0, 0.05) is 18.2 Å². The van der Waals surface area contributed by atoms with Crippen molar-refractivity contribution in [2.45, 2.75) is 63.3 Å². The molecule has 1 aromatic rings. The third-order valence-corrected chi connectivity index (χ3v) is 5.95. The van der Waals surface area contributed by atoms with Gasteiger partial charge in [0.2, 0.25) is 5.91 Å². The van der Waals surface area contributed by atoms with E-state index in [2.05, 4.69) is 24.4 Å². The van der Waals surface area contributed by atoms with Crippen LogP contribution in [0.3, 0.4) is 0 Å². The lowest BCUT2D eigenvalue weighted by atomic mass is 9.55. The van der Waals surface area contributed by atoms with Crippen molar-refractivity contribution in [3.8, 4) is 0 Å². The maximum Gasteiger partial charge on any atom is 0.217 e. The van der Waals surface area contributed by atoms with Gasteiger partial charge in [-0.15, -0.1) is 12.4 Å². The average Bonchev–Trinajstić information content (AvgIpc) is 2.47. The predicted molar refractivity (Wildman–Crippen MR) is 91.3 cm³/mol. The number of hydrogen-bond acceptors (Lipinski definition) is 2. The van der Waals surface area contributed by atoms with Gasteiger partial charge in [0.1, 0.15) is 0 Å². The normalized spacial score (nSPS) is 37.9. The molecule has 4 aliphatic carbocycles. The number of nitrogens with two attached hydrogens (primary N) is 1. The highest BCUT2D eigenvalue weighted by atomic mass is 35.5. The number of halogens is 1. The molecule has 5 rings (SSSR count). The van der Waals surface area contributed by atoms with E-state index >= 15 is 0 Å². The first-order valence-corrected chi connectivity index (χ1v) is 8.06. The molecule has 3 N–H and O–H groups in total. The summed E-state index contributed by atoms with van der Waals surface area (Å²) in [5.74, 6) is 1.23. The molecule has 4 aliphatic rings. The number of carbonyl (C=O) groups is 1. The van der Waals surface area contributed by atoms with Gasteiger partial charge < -0.3 is 11.1 Å². The number of anilines is 1. The van der Waals surface area contributed by atoms with E-state index in [0.29, 0.717) is 17.3 Å². The minimum atomic E-state index is 0. The van der Waals surface area contributed by atoms with Crippen molar-refractivity contribution < 1.29 is 4.79 Å². The monoisotopic (exact) mass is 320 g/mol. The number of benzene rings is 1. The van der Waals surface area contributed by atoms with Crippen LogP contribution in [0.1, 0.15) is 68.9 Å². The molecule has 2 saturated carbocycles. The standard InChI is InChI=1S/C18H24N2O.ClH/c1-11(21)20-18-8-12-6-17(2,10-18)7-13(9-18)16-5-14(19)3-4-15(12)16;/h3-5,12-13H,6-10,19H2,1-2H3,(H,20,21);1H. The number of amides is 1. The summed E-state index contributed by atoms with van der Waals surface area (Å²) in [6.45, 7) is 4.07. The highest BCUT2D eigenvalue weighted by Crippen LogP contribution is 2.62. The lowest BCUT2D eigenvalue weighted by molar-refractivity contribution is -0.123. The van der Waals surface area contributed by atoms with Crippen molar-refractivity contribution in [2.24, 2.45) is 5.41 Å². The molecular formula is C18H25ClN2O. The van der Waals surface area contributed by atoms with E-state index in [1.165, 1.54) is 24.0 Å². The molecule has 120 valence electrons. The number of nitrogens with one attached hydrogen (secondary N) is 1. The highest BCUT2D eigenvalue weighted by molar-refractivity contribution is 5.85. The largest absolute Gasteiger partial charge is 0.399 e. The third-order valence-electron chi connectivity index (χ3n) is 5.95. The van der Waals surface area contributed by atoms with Crippen molar-refractivity contribution in [2.75, 3.05) is 5.73 Å². The maximum absolute atomic E-state index is 11.7. The van der Waals surface area contributed by atoms with Gasteiger partial charge in [0.15, 0.2) is 0 Å². The van der Waals surface area contributed by atoms with Gasteiger partial charge in [-0.2, -0.15) is 0 Å². The summed E-state index contributed by atoms with van der Waals surface area (Å²) in [5, 5.41) is 3.33. The second kappa shape index (κ2) is 4.89. The molecule has 1 aromatic carbocycles. The van der Waals surface area contributed by atoms with E-state index in [9.17, 15) is 4.79 Å². The summed E-state index contributed by atoms with van der Waals surface area (Å²) < 4.78 is 0. The Bertz CT molecular complexity index is 632. The zero-order chi connectivity index (χ0) is 14.8. The molecule has 0 aliphatic heterocycles. The zero-order valence-corrected chi connectivity index (χ0v) is 14.1. The van der Waals surface area contributed by atoms with Crippen molar-refractivity contribution >= 4 is 24.0 Å². The van der Waals surface area contributed by atoms with Gasteiger partial charge in [-0.25, -0.2) is 0 Å². The Hall–Kier alpha value is -1.22. The first-order chi connectivity index (χ1) is 9.88. The van der Waals surface area contributed by atoms with Gasteiger partial charge in [-0.1, -0.05) is 13.0 Å². The fourth-order valence-corrected chi connectivity index (χ4v) is 5.83. The van der Waals surface area contributed by atoms with E-state index in [0.717, 1.165) is 24.9 Å². The molecule has 3 nitrogen and oxygen atoms in total. The molecule has 0 saturated heterocycles. The Kier molecular flexibility index (Phi) is 3.48. The Morgan fingerprint density at radius 3 is 2.45 bits per heavy atom. The minimum Gasteiger partial charge on any atom is -0.399 e. The Morgan fingerprint density at radius 1 is 1.18 bits per heavy atom. The van der Waals surface area contributed by atoms with Gasteiger partial charge in [0.05, 0.1) is 0 Å². The SMILES string of the molecule is CC(=O)NC12CC3CC(C)(CC(C1)c1cc(N)ccc13)C2.Cl. The Labute approximate surface area is 138 Å². The van der Waals surface area contributed by atoms with Crippen molar-refractivity contribution in [1.29, 1.82) is 0 Å². The Balaban J connectivity index is 0.00000144. The maximum atomic E-state index is 11.7. The Morgan fingerprint density at radius 2 is 1.82 bits per heavy atom. The number of rotatable bonds is 1. The third kappa shape index (κ3) is 2.30. The smallest absolute Gasteiger partial charge is 0.217 e. The first-order valence-electron chi connectivity index (χ1n) is 8.06. The van der Waals surface area contributed by atoms with E-state index in [4.69, 9.17) is 5.73 Å². The molecule has 4 atom stereocenters. The van der Waals surface area contributed by atoms with Gasteiger partial charge in [-0.05, 0) is 72.6 Å². The van der Waals surface area contributed by atoms with Crippen LogP contribution in [-0.2, 0) is 4.79 Å². The number of hydrogen-bond donors (Lipinski definition) is 2. The molecular weight excluding hydrogens is 296 g/mol. The first kappa shape index (κ1) is 15.7. The predicted octanol–water partition coefficient (Wildman–Crippen LogP) is 3.73. The number of nitrogen functional groups attached to an aromatic ring is 1. The molecule has 2 fully saturated rings. The van der Waals surface area contributed by atoms with Gasteiger partial charge in [0.25, 0.3) is 0 Å². The van der Waals surface area contributed by atoms with Crippen molar-refractivity contribution in [3.63, 3.8) is 0 Å². The van der Waals surface area contributed by atoms with Crippen LogP contribution in [0.2, 0.25) is 0 Å². The molecule has 22 heavy (non-hydrogen) atoms. The van der Waals surface area contributed by atoms with Crippen LogP contribution in [0, 0.1) is 5.41 Å². The zero-order valence-electron chi connectivity index (χ0n) is 13.3. The van der Waals surface area contributed by atoms with E-state index < -0.39 is 0 Å². The van der Waals surface area contributed by atoms with Crippen LogP contribution in [0.4, 0.5) is 5.69 Å². The molecule has 0 aromatic heterocycles. The summed E-state index contributed by atoms with van der Waals surface area (Å²) >= 11 is 0. The van der Waals surface area contributed by atoms with E-state index in [1.807, 2.05) is 6.07 Å². The van der Waals surface area contributed by atoms with Crippen LogP contribution in [0.15, 0.2) is 18.2 Å². The van der Waals surface area contributed by atoms with Gasteiger partial charge in [-0.3, -0.25) is 4.79 Å². The summed E-state index contributed by atoms with van der Waals surface area (Å²) in [6, 6.07) is 6.47. The molecule has 1 amide bonds. The highest BCUT2D eigenvalue weighted by Gasteiger charge is 2.55. The molecule has 0 radical (unpaired) electrons. The fourth-order valence-electron chi connectivity index (χ4n) is 5.83. The van der Waals surface area contributed by atoms with E-state index in [-0.39, 0.29) is 23.9 Å².